The van der Waals surface area contributed by atoms with Gasteiger partial charge in [-0.2, -0.15) is 13.2 Å². The summed E-state index contributed by atoms with van der Waals surface area (Å²) in [5.41, 5.74) is 4.31. The van der Waals surface area contributed by atoms with Crippen molar-refractivity contribution in [3.05, 3.63) is 42.2 Å². The van der Waals surface area contributed by atoms with Crippen LogP contribution in [0.1, 0.15) is 5.56 Å². The van der Waals surface area contributed by atoms with Crippen molar-refractivity contribution < 1.29 is 17.9 Å². The number of nitrogens with zero attached hydrogens (tertiary/aromatic N) is 2. The van der Waals surface area contributed by atoms with E-state index < -0.39 is 11.7 Å². The minimum atomic E-state index is -4.45. The summed E-state index contributed by atoms with van der Waals surface area (Å²) in [6.07, 6.45) is -1.89. The van der Waals surface area contributed by atoms with Crippen molar-refractivity contribution in [3.63, 3.8) is 0 Å². The molecular formula is C12H10F3N3O. The highest BCUT2D eigenvalue weighted by molar-refractivity contribution is 5.61. The lowest BCUT2D eigenvalue weighted by Gasteiger charge is -2.11. The van der Waals surface area contributed by atoms with Gasteiger partial charge in [-0.3, -0.25) is 5.73 Å². The van der Waals surface area contributed by atoms with E-state index in [-0.39, 0.29) is 18.1 Å². The molecule has 1 aromatic carbocycles. The fourth-order valence-electron chi connectivity index (χ4n) is 1.55. The zero-order valence-electron chi connectivity index (χ0n) is 9.69. The summed E-state index contributed by atoms with van der Waals surface area (Å²) in [7, 11) is 0. The van der Waals surface area contributed by atoms with Crippen LogP contribution >= 0.6 is 0 Å². The molecule has 0 aliphatic rings. The number of benzene rings is 1. The minimum Gasteiger partial charge on any atom is -0.475 e. The van der Waals surface area contributed by atoms with Crippen LogP contribution in [0.3, 0.4) is 0 Å². The fraction of sp³-hybridized carbons (Fsp3) is 0.167. The second-order valence-electron chi connectivity index (χ2n) is 3.60. The zero-order chi connectivity index (χ0) is 13.9. The molecule has 2 aromatic rings. The van der Waals surface area contributed by atoms with E-state index in [4.69, 9.17) is 10.5 Å². The monoisotopic (exact) mass is 269 g/mol. The third kappa shape index (κ3) is 3.00. The molecule has 19 heavy (non-hydrogen) atoms. The normalized spacial score (nSPS) is 11.4. The second-order valence-corrected chi connectivity index (χ2v) is 3.60. The number of hydrogen-bond donors (Lipinski definition) is 1. The van der Waals surface area contributed by atoms with Crippen LogP contribution in [0.5, 0.6) is 5.75 Å². The van der Waals surface area contributed by atoms with Crippen LogP contribution in [0.25, 0.3) is 11.4 Å². The van der Waals surface area contributed by atoms with Gasteiger partial charge >= 0.3 is 6.18 Å². The Balaban J connectivity index is 2.42. The predicted octanol–water partition coefficient (Wildman–Crippen LogP) is 2.46. The number of hydrogen-bond acceptors (Lipinski definition) is 4. The molecule has 0 saturated heterocycles. The highest BCUT2D eigenvalue weighted by Gasteiger charge is 2.33. The smallest absolute Gasteiger partial charge is 0.417 e. The number of ether oxygens (including phenoxy) is 1. The van der Waals surface area contributed by atoms with E-state index in [9.17, 15) is 13.2 Å². The Hall–Kier alpha value is -2.15. The summed E-state index contributed by atoms with van der Waals surface area (Å²) in [4.78, 5) is 7.70. The quantitative estimate of drug-likeness (QED) is 0.869. The first-order valence-corrected chi connectivity index (χ1v) is 5.34. The molecule has 0 bridgehead atoms. The van der Waals surface area contributed by atoms with Crippen molar-refractivity contribution >= 4 is 0 Å². The van der Waals surface area contributed by atoms with Gasteiger partial charge in [-0.15, -0.1) is 0 Å². The zero-order valence-corrected chi connectivity index (χ0v) is 9.69. The van der Waals surface area contributed by atoms with Crippen LogP contribution < -0.4 is 10.5 Å². The molecule has 1 aromatic heterocycles. The molecule has 0 spiro atoms. The lowest BCUT2D eigenvalue weighted by Crippen LogP contribution is -2.09. The van der Waals surface area contributed by atoms with Crippen molar-refractivity contribution in [1.29, 1.82) is 0 Å². The van der Waals surface area contributed by atoms with Crippen molar-refractivity contribution in [2.45, 2.75) is 6.18 Å². The average molecular weight is 269 g/mol. The van der Waals surface area contributed by atoms with Crippen molar-refractivity contribution in [3.8, 4) is 17.1 Å². The van der Waals surface area contributed by atoms with Gasteiger partial charge in [-0.05, 0) is 6.07 Å². The van der Waals surface area contributed by atoms with Gasteiger partial charge in [0.15, 0.2) is 11.6 Å². The number of alkyl halides is 3. The Morgan fingerprint density at radius 2 is 1.74 bits per heavy atom. The molecule has 4 nitrogen and oxygen atoms in total. The maximum atomic E-state index is 12.8. The van der Waals surface area contributed by atoms with Gasteiger partial charge in [0.05, 0.1) is 18.0 Å². The highest BCUT2D eigenvalue weighted by atomic mass is 19.4. The van der Waals surface area contributed by atoms with Crippen LogP contribution in [0.4, 0.5) is 13.2 Å². The third-order valence-electron chi connectivity index (χ3n) is 2.35. The van der Waals surface area contributed by atoms with E-state index in [0.717, 1.165) is 6.07 Å². The van der Waals surface area contributed by atoms with E-state index in [1.807, 2.05) is 0 Å². The summed E-state index contributed by atoms with van der Waals surface area (Å²) in [6, 6.07) is 5.13. The maximum Gasteiger partial charge on any atom is 0.417 e. The standard InChI is InChI=1S/C12H10F3N3O/c13-12(14,15)10-4-2-1-3-9(10)11-17-5-8(6-18-11)19-7-16/h1-6H,7,16H2. The summed E-state index contributed by atoms with van der Waals surface area (Å²) >= 11 is 0. The van der Waals surface area contributed by atoms with Gasteiger partial charge in [0.25, 0.3) is 0 Å². The van der Waals surface area contributed by atoms with Gasteiger partial charge < -0.3 is 4.74 Å². The van der Waals surface area contributed by atoms with Crippen LogP contribution in [0.2, 0.25) is 0 Å². The Bertz CT molecular complexity index is 555. The van der Waals surface area contributed by atoms with Crippen LogP contribution in [-0.2, 0) is 6.18 Å². The molecule has 0 atom stereocenters. The molecule has 0 fully saturated rings. The van der Waals surface area contributed by atoms with Crippen LogP contribution in [0, 0.1) is 0 Å². The first kappa shape index (κ1) is 13.3. The van der Waals surface area contributed by atoms with E-state index in [2.05, 4.69) is 9.97 Å². The van der Waals surface area contributed by atoms with E-state index in [1.54, 1.807) is 0 Å². The fourth-order valence-corrected chi connectivity index (χ4v) is 1.55. The molecular weight excluding hydrogens is 259 g/mol. The van der Waals surface area contributed by atoms with Gasteiger partial charge in [0, 0.05) is 5.56 Å². The minimum absolute atomic E-state index is 0.0164. The molecule has 0 aliphatic carbocycles. The highest BCUT2D eigenvalue weighted by Crippen LogP contribution is 2.35. The summed E-state index contributed by atoms with van der Waals surface area (Å²) in [6.45, 7) is -0.0537. The Kier molecular flexibility index (Phi) is 3.66. The topological polar surface area (TPSA) is 61.0 Å². The van der Waals surface area contributed by atoms with E-state index >= 15 is 0 Å². The van der Waals surface area contributed by atoms with Crippen molar-refractivity contribution in [2.75, 3.05) is 6.73 Å². The molecule has 1 heterocycles. The van der Waals surface area contributed by atoms with E-state index in [0.29, 0.717) is 5.75 Å². The lowest BCUT2D eigenvalue weighted by molar-refractivity contribution is -0.137. The molecule has 2 rings (SSSR count). The molecule has 0 radical (unpaired) electrons. The van der Waals surface area contributed by atoms with Gasteiger partial charge in [0.1, 0.15) is 6.73 Å². The molecule has 0 unspecified atom stereocenters. The molecule has 2 N–H and O–H groups in total. The number of rotatable bonds is 3. The van der Waals surface area contributed by atoms with Crippen LogP contribution in [0.15, 0.2) is 36.7 Å². The second kappa shape index (κ2) is 5.23. The average Bonchev–Trinajstić information content (AvgIpc) is 2.39. The van der Waals surface area contributed by atoms with E-state index in [1.165, 1.54) is 30.6 Å². The first-order valence-electron chi connectivity index (χ1n) is 5.34. The predicted molar refractivity (Wildman–Crippen MR) is 62.2 cm³/mol. The van der Waals surface area contributed by atoms with Crippen molar-refractivity contribution in [1.82, 2.24) is 9.97 Å². The maximum absolute atomic E-state index is 12.8. The van der Waals surface area contributed by atoms with Gasteiger partial charge in [-0.25, -0.2) is 9.97 Å². The first-order chi connectivity index (χ1) is 9.02. The SMILES string of the molecule is NCOc1cnc(-c2ccccc2C(F)(F)F)nc1. The number of aromatic nitrogens is 2. The van der Waals surface area contributed by atoms with Gasteiger partial charge in [-0.1, -0.05) is 18.2 Å². The number of nitrogens with two attached hydrogens (primary N) is 1. The molecule has 0 aliphatic heterocycles. The molecule has 100 valence electrons. The Labute approximate surface area is 107 Å². The summed E-state index contributed by atoms with van der Waals surface area (Å²) in [5.74, 6) is 0.285. The largest absolute Gasteiger partial charge is 0.475 e. The molecule has 7 heteroatoms. The van der Waals surface area contributed by atoms with Gasteiger partial charge in [0.2, 0.25) is 0 Å². The molecule has 0 amide bonds. The molecule has 0 saturated carbocycles. The Morgan fingerprint density at radius 3 is 2.32 bits per heavy atom. The third-order valence-corrected chi connectivity index (χ3v) is 2.35. The summed E-state index contributed by atoms with van der Waals surface area (Å²) < 4.78 is 43.4. The van der Waals surface area contributed by atoms with Crippen molar-refractivity contribution in [2.24, 2.45) is 5.73 Å². The number of halogens is 3. The Morgan fingerprint density at radius 1 is 1.11 bits per heavy atom. The van der Waals surface area contributed by atoms with Crippen LogP contribution in [-0.4, -0.2) is 16.7 Å². The summed E-state index contributed by atoms with van der Waals surface area (Å²) in [5, 5.41) is 0. The lowest BCUT2D eigenvalue weighted by atomic mass is 10.1.